The molecule has 1 fully saturated rings. The molecule has 0 radical (unpaired) electrons. The number of rotatable bonds is 4. The lowest BCUT2D eigenvalue weighted by Crippen LogP contribution is -2.43. The van der Waals surface area contributed by atoms with E-state index in [1.807, 2.05) is 25.3 Å². The van der Waals surface area contributed by atoms with Gasteiger partial charge in [-0.2, -0.15) is 5.10 Å². The van der Waals surface area contributed by atoms with Crippen LogP contribution < -0.4 is 10.2 Å². The Hall–Kier alpha value is -1.81. The molecule has 2 heterocycles. The van der Waals surface area contributed by atoms with Gasteiger partial charge in [0.15, 0.2) is 0 Å². The molecule has 0 atom stereocenters. The van der Waals surface area contributed by atoms with Crippen LogP contribution in [-0.4, -0.2) is 36.4 Å². The summed E-state index contributed by atoms with van der Waals surface area (Å²) in [5.74, 6) is 0. The van der Waals surface area contributed by atoms with E-state index in [4.69, 9.17) is 0 Å². The molecule has 0 aromatic carbocycles. The number of nitrogens with zero attached hydrogens (tertiary/aromatic N) is 2. The van der Waals surface area contributed by atoms with Crippen molar-refractivity contribution in [2.24, 2.45) is 0 Å². The Labute approximate surface area is 108 Å². The molecule has 2 rings (SSSR count). The van der Waals surface area contributed by atoms with Crippen molar-refractivity contribution < 1.29 is 0 Å². The van der Waals surface area contributed by atoms with Gasteiger partial charge in [-0.1, -0.05) is 30.9 Å². The molecule has 0 spiro atoms. The van der Waals surface area contributed by atoms with E-state index in [0.29, 0.717) is 0 Å². The Balaban J connectivity index is 2.30. The second-order valence-corrected chi connectivity index (χ2v) is 4.23. The van der Waals surface area contributed by atoms with Crippen LogP contribution in [0.25, 0.3) is 5.57 Å². The largest absolute Gasteiger partial charge is 0.366 e. The first-order valence-corrected chi connectivity index (χ1v) is 6.31. The van der Waals surface area contributed by atoms with Gasteiger partial charge >= 0.3 is 0 Å². The summed E-state index contributed by atoms with van der Waals surface area (Å²) in [5, 5.41) is 10.6. The van der Waals surface area contributed by atoms with E-state index in [2.05, 4.69) is 33.1 Å². The Bertz CT molecular complexity index is 450. The number of piperazine rings is 1. The predicted molar refractivity (Wildman–Crippen MR) is 76.7 cm³/mol. The van der Waals surface area contributed by atoms with Gasteiger partial charge in [-0.25, -0.2) is 0 Å². The van der Waals surface area contributed by atoms with Crippen LogP contribution >= 0.6 is 0 Å². The van der Waals surface area contributed by atoms with Gasteiger partial charge in [-0.3, -0.25) is 5.10 Å². The topological polar surface area (TPSA) is 44.0 Å². The Morgan fingerprint density at radius 1 is 1.44 bits per heavy atom. The SMILES string of the molecule is C=C/C=C(\C=C/C)c1[nH]ncc1N1CCNCC1. The lowest BCUT2D eigenvalue weighted by Gasteiger charge is -2.29. The minimum Gasteiger partial charge on any atom is -0.366 e. The summed E-state index contributed by atoms with van der Waals surface area (Å²) in [6.07, 6.45) is 9.80. The zero-order valence-corrected chi connectivity index (χ0v) is 10.8. The monoisotopic (exact) mass is 244 g/mol. The van der Waals surface area contributed by atoms with Gasteiger partial charge in [-0.05, 0) is 6.92 Å². The van der Waals surface area contributed by atoms with E-state index in [1.54, 1.807) is 6.08 Å². The second-order valence-electron chi connectivity index (χ2n) is 4.23. The van der Waals surface area contributed by atoms with Crippen LogP contribution in [0.4, 0.5) is 5.69 Å². The summed E-state index contributed by atoms with van der Waals surface area (Å²) < 4.78 is 0. The van der Waals surface area contributed by atoms with Crippen molar-refractivity contribution >= 4 is 11.3 Å². The molecule has 1 saturated heterocycles. The molecule has 1 aliphatic heterocycles. The molecule has 2 N–H and O–H groups in total. The van der Waals surface area contributed by atoms with Gasteiger partial charge in [0.1, 0.15) is 0 Å². The maximum Gasteiger partial charge on any atom is 0.0884 e. The van der Waals surface area contributed by atoms with Crippen LogP contribution in [0.1, 0.15) is 12.6 Å². The quantitative estimate of drug-likeness (QED) is 0.796. The first-order chi connectivity index (χ1) is 8.86. The highest BCUT2D eigenvalue weighted by molar-refractivity contribution is 5.80. The number of anilines is 1. The molecule has 1 aliphatic rings. The van der Waals surface area contributed by atoms with Gasteiger partial charge in [-0.15, -0.1) is 0 Å². The molecule has 0 amide bonds. The molecule has 0 bridgehead atoms. The second kappa shape index (κ2) is 6.21. The van der Waals surface area contributed by atoms with Crippen LogP contribution in [-0.2, 0) is 0 Å². The van der Waals surface area contributed by atoms with E-state index in [-0.39, 0.29) is 0 Å². The van der Waals surface area contributed by atoms with E-state index in [1.165, 1.54) is 5.69 Å². The van der Waals surface area contributed by atoms with Crippen LogP contribution in [0.5, 0.6) is 0 Å². The smallest absolute Gasteiger partial charge is 0.0884 e. The maximum atomic E-state index is 4.19. The number of H-pyrrole nitrogens is 1. The highest BCUT2D eigenvalue weighted by atomic mass is 15.2. The fourth-order valence-electron chi connectivity index (χ4n) is 2.17. The Morgan fingerprint density at radius 2 is 2.22 bits per heavy atom. The molecule has 4 nitrogen and oxygen atoms in total. The summed E-state index contributed by atoms with van der Waals surface area (Å²) in [7, 11) is 0. The summed E-state index contributed by atoms with van der Waals surface area (Å²) in [6.45, 7) is 9.86. The van der Waals surface area contributed by atoms with Crippen LogP contribution in [0.2, 0.25) is 0 Å². The van der Waals surface area contributed by atoms with Crippen molar-refractivity contribution in [2.75, 3.05) is 31.1 Å². The minimum absolute atomic E-state index is 1.02. The Kier molecular flexibility index (Phi) is 4.36. The number of nitrogens with one attached hydrogen (secondary N) is 2. The van der Waals surface area contributed by atoms with E-state index in [9.17, 15) is 0 Å². The predicted octanol–water partition coefficient (Wildman–Crippen LogP) is 1.96. The van der Waals surface area contributed by atoms with Crippen molar-refractivity contribution in [1.82, 2.24) is 15.5 Å². The average molecular weight is 244 g/mol. The molecule has 18 heavy (non-hydrogen) atoms. The summed E-state index contributed by atoms with van der Waals surface area (Å²) >= 11 is 0. The third-order valence-electron chi connectivity index (χ3n) is 3.01. The molecule has 0 unspecified atom stereocenters. The number of aromatic nitrogens is 2. The summed E-state index contributed by atoms with van der Waals surface area (Å²) in [5.41, 5.74) is 3.34. The molecule has 0 saturated carbocycles. The third-order valence-corrected chi connectivity index (χ3v) is 3.01. The van der Waals surface area contributed by atoms with Crippen LogP contribution in [0.3, 0.4) is 0 Å². The molecule has 0 aliphatic carbocycles. The highest BCUT2D eigenvalue weighted by Crippen LogP contribution is 2.26. The third kappa shape index (κ3) is 2.71. The van der Waals surface area contributed by atoms with Crippen LogP contribution in [0.15, 0.2) is 37.1 Å². The van der Waals surface area contributed by atoms with Gasteiger partial charge in [0.05, 0.1) is 17.6 Å². The number of hydrogen-bond acceptors (Lipinski definition) is 3. The van der Waals surface area contributed by atoms with Gasteiger partial charge in [0.25, 0.3) is 0 Å². The fraction of sp³-hybridized carbons (Fsp3) is 0.357. The lowest BCUT2D eigenvalue weighted by molar-refractivity contribution is 0.589. The van der Waals surface area contributed by atoms with Crippen molar-refractivity contribution in [3.8, 4) is 0 Å². The minimum atomic E-state index is 1.02. The molecule has 1 aromatic rings. The number of hydrogen-bond donors (Lipinski definition) is 2. The molecule has 4 heteroatoms. The molecular formula is C14H20N4. The maximum absolute atomic E-state index is 4.19. The highest BCUT2D eigenvalue weighted by Gasteiger charge is 2.16. The van der Waals surface area contributed by atoms with Crippen LogP contribution in [0, 0.1) is 0 Å². The van der Waals surface area contributed by atoms with E-state index in [0.717, 1.165) is 37.4 Å². The number of aromatic amines is 1. The lowest BCUT2D eigenvalue weighted by atomic mass is 10.1. The first kappa shape index (κ1) is 12.6. The van der Waals surface area contributed by atoms with Gasteiger partial charge < -0.3 is 10.2 Å². The fourth-order valence-corrected chi connectivity index (χ4v) is 2.17. The van der Waals surface area contributed by atoms with Crippen molar-refractivity contribution in [3.63, 3.8) is 0 Å². The molecule has 1 aromatic heterocycles. The van der Waals surface area contributed by atoms with Crippen molar-refractivity contribution in [1.29, 1.82) is 0 Å². The van der Waals surface area contributed by atoms with E-state index >= 15 is 0 Å². The van der Waals surface area contributed by atoms with Crippen molar-refractivity contribution in [2.45, 2.75) is 6.92 Å². The average Bonchev–Trinajstić information content (AvgIpc) is 2.88. The van der Waals surface area contributed by atoms with E-state index < -0.39 is 0 Å². The normalized spacial score (nSPS) is 17.4. The molecular weight excluding hydrogens is 224 g/mol. The Morgan fingerprint density at radius 3 is 2.89 bits per heavy atom. The van der Waals surface area contributed by atoms with Gasteiger partial charge in [0, 0.05) is 31.8 Å². The molecule has 96 valence electrons. The van der Waals surface area contributed by atoms with Crippen molar-refractivity contribution in [3.05, 3.63) is 42.8 Å². The summed E-state index contributed by atoms with van der Waals surface area (Å²) in [6, 6.07) is 0. The number of allylic oxidation sites excluding steroid dienone is 5. The first-order valence-electron chi connectivity index (χ1n) is 6.31. The zero-order chi connectivity index (χ0) is 12.8. The zero-order valence-electron chi connectivity index (χ0n) is 10.8. The van der Waals surface area contributed by atoms with Gasteiger partial charge in [0.2, 0.25) is 0 Å². The standard InChI is InChI=1S/C14H20N4/c1-3-5-12(6-4-2)14-13(11-16-17-14)18-9-7-15-8-10-18/h3-6,11,15H,1,7-10H2,2H3,(H,16,17)/b6-4-,12-5+. The summed E-state index contributed by atoms with van der Waals surface area (Å²) in [4.78, 5) is 2.36.